The van der Waals surface area contributed by atoms with Crippen LogP contribution in [0.4, 0.5) is 4.79 Å². The Morgan fingerprint density at radius 2 is 1.57 bits per heavy atom. The molecule has 0 spiro atoms. The lowest BCUT2D eigenvalue weighted by Crippen LogP contribution is -2.48. The summed E-state index contributed by atoms with van der Waals surface area (Å²) < 4.78 is 6.19. The summed E-state index contributed by atoms with van der Waals surface area (Å²) in [5, 5.41) is 13.4. The second kappa shape index (κ2) is 8.53. The molecule has 150 valence electrons. The number of nitrogens with one attached hydrogen (secondary N) is 1. The van der Waals surface area contributed by atoms with Crippen molar-refractivity contribution in [2.24, 2.45) is 0 Å². The lowest BCUT2D eigenvalue weighted by atomic mass is 9.73. The second-order valence-electron chi connectivity index (χ2n) is 7.65. The minimum absolute atomic E-state index is 0.514. The molecule has 7 heteroatoms. The van der Waals surface area contributed by atoms with Gasteiger partial charge in [0.1, 0.15) is 11.0 Å². The van der Waals surface area contributed by atoms with Crippen LogP contribution in [0.2, 0.25) is 5.02 Å². The van der Waals surface area contributed by atoms with E-state index in [-0.39, 0.29) is 0 Å². The molecule has 28 heavy (non-hydrogen) atoms. The maximum absolute atomic E-state index is 12.5. The number of carboxylic acids is 1. The molecule has 0 aliphatic rings. The smallest absolute Gasteiger partial charge is 0.408 e. The Morgan fingerprint density at radius 3 is 2.04 bits per heavy atom. The van der Waals surface area contributed by atoms with Crippen molar-refractivity contribution in [2.75, 3.05) is 0 Å². The van der Waals surface area contributed by atoms with Crippen molar-refractivity contribution in [1.29, 1.82) is 0 Å². The molecule has 0 radical (unpaired) electrons. The minimum atomic E-state index is -1.45. The molecule has 0 saturated carbocycles. The number of hydrogen-bond donors (Lipinski definition) is 2. The molecular weight excluding hydrogens is 446 g/mol. The van der Waals surface area contributed by atoms with Gasteiger partial charge in [-0.1, -0.05) is 51.8 Å². The van der Waals surface area contributed by atoms with Gasteiger partial charge in [0.05, 0.1) is 6.04 Å². The highest BCUT2D eigenvalue weighted by Gasteiger charge is 2.45. The van der Waals surface area contributed by atoms with E-state index in [9.17, 15) is 14.7 Å². The summed E-state index contributed by atoms with van der Waals surface area (Å²) in [4.78, 5) is 24.9. The third-order valence-electron chi connectivity index (χ3n) is 4.33. The van der Waals surface area contributed by atoms with E-state index in [1.54, 1.807) is 76.2 Å². The number of benzene rings is 2. The number of amides is 1. The maximum atomic E-state index is 12.5. The molecule has 2 N–H and O–H groups in total. The van der Waals surface area contributed by atoms with Crippen LogP contribution in [0, 0.1) is 0 Å². The van der Waals surface area contributed by atoms with Gasteiger partial charge in [-0.15, -0.1) is 0 Å². The Labute approximate surface area is 178 Å². The summed E-state index contributed by atoms with van der Waals surface area (Å²) in [7, 11) is 0. The van der Waals surface area contributed by atoms with E-state index in [4.69, 9.17) is 16.3 Å². The van der Waals surface area contributed by atoms with Crippen LogP contribution in [0.3, 0.4) is 0 Å². The molecule has 2 rings (SSSR count). The summed E-state index contributed by atoms with van der Waals surface area (Å²) in [6.07, 6.45) is -0.697. The maximum Gasteiger partial charge on any atom is 0.408 e. The molecule has 0 aliphatic heterocycles. The number of ether oxygens (including phenoxy) is 1. The van der Waals surface area contributed by atoms with Crippen LogP contribution in [-0.4, -0.2) is 22.8 Å². The van der Waals surface area contributed by atoms with Crippen LogP contribution < -0.4 is 5.32 Å². The normalized spacial score (nSPS) is 14.6. The number of alkyl carbamates (subject to hydrolysis) is 1. The minimum Gasteiger partial charge on any atom is -0.481 e. The fourth-order valence-corrected chi connectivity index (χ4v) is 3.24. The highest BCUT2D eigenvalue weighted by Crippen LogP contribution is 2.39. The molecule has 2 atom stereocenters. The molecule has 1 amide bonds. The first-order chi connectivity index (χ1) is 12.9. The molecule has 0 saturated heterocycles. The summed E-state index contributed by atoms with van der Waals surface area (Å²) >= 11 is 9.35. The Kier molecular flexibility index (Phi) is 6.78. The van der Waals surface area contributed by atoms with E-state index in [1.165, 1.54) is 0 Å². The van der Waals surface area contributed by atoms with E-state index in [0.29, 0.717) is 16.1 Å². The van der Waals surface area contributed by atoms with Crippen LogP contribution in [0.15, 0.2) is 53.0 Å². The standard InChI is InChI=1S/C21H23BrClNO4/c1-20(2,3)28-19(27)24-17(13-5-11-16(23)12-6-13)21(4,18(25)26)14-7-9-15(22)10-8-14/h5-12,17H,1-4H3,(H,24,27)(H,25,26)/t17-,21?/m1/s1. The summed E-state index contributed by atoms with van der Waals surface area (Å²) in [5.41, 5.74) is -1.03. The molecule has 2 aromatic rings. The molecule has 0 bridgehead atoms. The predicted octanol–water partition coefficient (Wildman–Crippen LogP) is 5.71. The average Bonchev–Trinajstić information content (AvgIpc) is 2.59. The van der Waals surface area contributed by atoms with Gasteiger partial charge in [0.15, 0.2) is 0 Å². The first-order valence-corrected chi connectivity index (χ1v) is 9.85. The zero-order valence-corrected chi connectivity index (χ0v) is 18.5. The lowest BCUT2D eigenvalue weighted by molar-refractivity contribution is -0.144. The van der Waals surface area contributed by atoms with Gasteiger partial charge in [0.25, 0.3) is 0 Å². The van der Waals surface area contributed by atoms with Gasteiger partial charge in [0, 0.05) is 9.50 Å². The van der Waals surface area contributed by atoms with Crippen LogP contribution in [0.5, 0.6) is 0 Å². The third-order valence-corrected chi connectivity index (χ3v) is 5.11. The number of rotatable bonds is 5. The van der Waals surface area contributed by atoms with E-state index in [1.807, 2.05) is 0 Å². The van der Waals surface area contributed by atoms with Gasteiger partial charge in [0.2, 0.25) is 0 Å². The largest absolute Gasteiger partial charge is 0.481 e. The second-order valence-corrected chi connectivity index (χ2v) is 9.00. The van der Waals surface area contributed by atoms with Gasteiger partial charge in [-0.2, -0.15) is 0 Å². The molecular formula is C21H23BrClNO4. The molecule has 1 unspecified atom stereocenters. The molecule has 2 aromatic carbocycles. The summed E-state index contributed by atoms with van der Waals surface area (Å²) in [5.74, 6) is -1.08. The highest BCUT2D eigenvalue weighted by atomic mass is 79.9. The number of hydrogen-bond acceptors (Lipinski definition) is 3. The Hall–Kier alpha value is -2.05. The fraction of sp³-hybridized carbons (Fsp3) is 0.333. The zero-order valence-electron chi connectivity index (χ0n) is 16.1. The van der Waals surface area contributed by atoms with E-state index >= 15 is 0 Å². The van der Waals surface area contributed by atoms with Gasteiger partial charge < -0.3 is 15.2 Å². The monoisotopic (exact) mass is 467 g/mol. The van der Waals surface area contributed by atoms with Crippen molar-refractivity contribution in [1.82, 2.24) is 5.32 Å². The van der Waals surface area contributed by atoms with Crippen LogP contribution in [0.25, 0.3) is 0 Å². The molecule has 0 aliphatic carbocycles. The summed E-state index contributed by atoms with van der Waals surface area (Å²) in [6.45, 7) is 6.81. The Bertz CT molecular complexity index is 846. The molecule has 0 aromatic heterocycles. The fourth-order valence-electron chi connectivity index (χ4n) is 2.85. The molecule has 0 fully saturated rings. The number of halogens is 2. The van der Waals surface area contributed by atoms with Crippen molar-refractivity contribution in [3.8, 4) is 0 Å². The zero-order chi connectivity index (χ0) is 21.1. The third kappa shape index (κ3) is 5.26. The van der Waals surface area contributed by atoms with Crippen molar-refractivity contribution in [2.45, 2.75) is 44.8 Å². The quantitative estimate of drug-likeness (QED) is 0.589. The predicted molar refractivity (Wildman–Crippen MR) is 113 cm³/mol. The van der Waals surface area contributed by atoms with E-state index in [2.05, 4.69) is 21.2 Å². The molecule has 0 heterocycles. The van der Waals surface area contributed by atoms with Gasteiger partial charge in [-0.3, -0.25) is 4.79 Å². The van der Waals surface area contributed by atoms with E-state index in [0.717, 1.165) is 4.47 Å². The Morgan fingerprint density at radius 1 is 1.04 bits per heavy atom. The first-order valence-electron chi connectivity index (χ1n) is 8.68. The summed E-state index contributed by atoms with van der Waals surface area (Å²) in [6, 6.07) is 12.8. The average molecular weight is 469 g/mol. The number of carbonyl (C=O) groups excluding carboxylic acids is 1. The molecule has 5 nitrogen and oxygen atoms in total. The SMILES string of the molecule is CC(C)(C)OC(=O)N[C@H](c1ccc(Cl)cc1)C(C)(C(=O)O)c1ccc(Br)cc1. The van der Waals surface area contributed by atoms with Crippen LogP contribution in [-0.2, 0) is 14.9 Å². The van der Waals surface area contributed by atoms with Crippen molar-refractivity contribution >= 4 is 39.6 Å². The van der Waals surface area contributed by atoms with Gasteiger partial charge in [-0.25, -0.2) is 4.79 Å². The van der Waals surface area contributed by atoms with Crippen molar-refractivity contribution in [3.63, 3.8) is 0 Å². The topological polar surface area (TPSA) is 75.6 Å². The van der Waals surface area contributed by atoms with Crippen molar-refractivity contribution in [3.05, 3.63) is 69.2 Å². The number of carboxylic acid groups (broad SMARTS) is 1. The van der Waals surface area contributed by atoms with Crippen molar-refractivity contribution < 1.29 is 19.4 Å². The number of aliphatic carboxylic acids is 1. The number of carbonyl (C=O) groups is 2. The van der Waals surface area contributed by atoms with Gasteiger partial charge in [-0.05, 0) is 63.1 Å². The van der Waals surface area contributed by atoms with Gasteiger partial charge >= 0.3 is 12.1 Å². The lowest BCUT2D eigenvalue weighted by Gasteiger charge is -2.36. The van der Waals surface area contributed by atoms with Crippen LogP contribution >= 0.6 is 27.5 Å². The first kappa shape index (κ1) is 22.2. The van der Waals surface area contributed by atoms with Crippen LogP contribution in [0.1, 0.15) is 44.9 Å². The Balaban J connectivity index is 2.56. The van der Waals surface area contributed by atoms with E-state index < -0.39 is 29.1 Å². The highest BCUT2D eigenvalue weighted by molar-refractivity contribution is 9.10.